The Labute approximate surface area is 109 Å². The average Bonchev–Trinajstić information content (AvgIpc) is 2.36. The molecule has 0 amide bonds. The molecule has 0 fully saturated rings. The molecule has 0 bridgehead atoms. The first-order valence-corrected chi connectivity index (χ1v) is 6.78. The Morgan fingerprint density at radius 3 is 2.50 bits per heavy atom. The summed E-state index contributed by atoms with van der Waals surface area (Å²) in [6, 6.07) is 3.89. The van der Waals surface area contributed by atoms with Gasteiger partial charge < -0.3 is 5.32 Å². The molecule has 1 nitrogen and oxygen atoms in total. The molecule has 102 valence electrons. The molecule has 0 heterocycles. The van der Waals surface area contributed by atoms with Gasteiger partial charge in [-0.05, 0) is 49.1 Å². The smallest absolute Gasteiger partial charge is 0.126 e. The number of nitrogens with one attached hydrogen (secondary N) is 1. The van der Waals surface area contributed by atoms with Gasteiger partial charge in [-0.15, -0.1) is 0 Å². The van der Waals surface area contributed by atoms with Gasteiger partial charge in [0.05, 0.1) is 0 Å². The molecule has 2 unspecified atom stereocenters. The summed E-state index contributed by atoms with van der Waals surface area (Å²) in [5.41, 5.74) is 0.469. The van der Waals surface area contributed by atoms with Gasteiger partial charge in [-0.3, -0.25) is 0 Å². The zero-order chi connectivity index (χ0) is 13.5. The number of halogens is 2. The van der Waals surface area contributed by atoms with Crippen LogP contribution in [0.25, 0.3) is 0 Å². The van der Waals surface area contributed by atoms with Crippen LogP contribution in [0.1, 0.15) is 51.5 Å². The molecule has 1 rings (SSSR count). The minimum absolute atomic E-state index is 0.0211. The molecule has 2 atom stereocenters. The molecule has 0 saturated heterocycles. The van der Waals surface area contributed by atoms with Gasteiger partial charge in [0, 0.05) is 6.04 Å². The van der Waals surface area contributed by atoms with E-state index in [4.69, 9.17) is 0 Å². The highest BCUT2D eigenvalue weighted by atomic mass is 19.1. The lowest BCUT2D eigenvalue weighted by atomic mass is 9.90. The van der Waals surface area contributed by atoms with Crippen LogP contribution in [0.2, 0.25) is 0 Å². The molecule has 0 aliphatic rings. The first kappa shape index (κ1) is 15.1. The Kier molecular flexibility index (Phi) is 6.27. The van der Waals surface area contributed by atoms with E-state index in [1.807, 2.05) is 6.92 Å². The second kappa shape index (κ2) is 7.47. The Balaban J connectivity index is 2.86. The highest BCUT2D eigenvalue weighted by Gasteiger charge is 2.20. The fraction of sp³-hybridized carbons (Fsp3) is 0.600. The molecular weight excluding hydrogens is 232 g/mol. The zero-order valence-electron chi connectivity index (χ0n) is 11.5. The average molecular weight is 255 g/mol. The third-order valence-electron chi connectivity index (χ3n) is 3.31. The van der Waals surface area contributed by atoms with Crippen molar-refractivity contribution in [3.8, 4) is 0 Å². The van der Waals surface area contributed by atoms with Crippen molar-refractivity contribution in [3.05, 3.63) is 35.4 Å². The molecule has 0 aromatic heterocycles. The second-order valence-electron chi connectivity index (χ2n) is 4.80. The predicted octanol–water partition coefficient (Wildman–Crippen LogP) is 4.24. The molecular formula is C15H23F2N. The predicted molar refractivity (Wildman–Crippen MR) is 71.8 cm³/mol. The van der Waals surface area contributed by atoms with E-state index < -0.39 is 0 Å². The minimum atomic E-state index is -0.371. The van der Waals surface area contributed by atoms with Crippen molar-refractivity contribution in [2.24, 2.45) is 0 Å². The fourth-order valence-corrected chi connectivity index (χ4v) is 2.25. The molecule has 1 aromatic carbocycles. The zero-order valence-corrected chi connectivity index (χ0v) is 11.5. The van der Waals surface area contributed by atoms with E-state index in [0.29, 0.717) is 5.56 Å². The number of benzene rings is 1. The number of rotatable bonds is 7. The summed E-state index contributed by atoms with van der Waals surface area (Å²) in [7, 11) is 0. The first-order valence-electron chi connectivity index (χ1n) is 6.78. The summed E-state index contributed by atoms with van der Waals surface area (Å²) in [5, 5.41) is 3.43. The summed E-state index contributed by atoms with van der Waals surface area (Å²) >= 11 is 0. The molecule has 3 heteroatoms. The maximum absolute atomic E-state index is 13.7. The van der Waals surface area contributed by atoms with Crippen LogP contribution in [-0.2, 0) is 0 Å². The van der Waals surface area contributed by atoms with Crippen molar-refractivity contribution < 1.29 is 8.78 Å². The Bertz CT molecular complexity index is 366. The summed E-state index contributed by atoms with van der Waals surface area (Å²) in [5.74, 6) is -0.709. The number of hydrogen-bond donors (Lipinski definition) is 1. The second-order valence-corrected chi connectivity index (χ2v) is 4.80. The Hall–Kier alpha value is -0.960. The van der Waals surface area contributed by atoms with Gasteiger partial charge in [0.1, 0.15) is 11.6 Å². The van der Waals surface area contributed by atoms with Gasteiger partial charge in [0.25, 0.3) is 0 Å². The van der Waals surface area contributed by atoms with E-state index in [9.17, 15) is 8.78 Å². The normalized spacial score (nSPS) is 14.5. The van der Waals surface area contributed by atoms with Crippen molar-refractivity contribution in [2.75, 3.05) is 6.54 Å². The highest BCUT2D eigenvalue weighted by molar-refractivity contribution is 5.23. The van der Waals surface area contributed by atoms with Gasteiger partial charge in [-0.25, -0.2) is 8.78 Å². The molecule has 1 N–H and O–H groups in total. The lowest BCUT2D eigenvalue weighted by Crippen LogP contribution is -2.34. The largest absolute Gasteiger partial charge is 0.313 e. The van der Waals surface area contributed by atoms with Gasteiger partial charge in [0.2, 0.25) is 0 Å². The summed E-state index contributed by atoms with van der Waals surface area (Å²) in [6.45, 7) is 7.07. The number of hydrogen-bond acceptors (Lipinski definition) is 1. The van der Waals surface area contributed by atoms with Crippen molar-refractivity contribution in [1.29, 1.82) is 0 Å². The molecule has 0 spiro atoms. The van der Waals surface area contributed by atoms with Gasteiger partial charge in [-0.1, -0.05) is 27.2 Å². The fourth-order valence-electron chi connectivity index (χ4n) is 2.25. The van der Waals surface area contributed by atoms with Crippen LogP contribution in [0.4, 0.5) is 8.78 Å². The van der Waals surface area contributed by atoms with Crippen LogP contribution in [0.5, 0.6) is 0 Å². The van der Waals surface area contributed by atoms with Crippen molar-refractivity contribution in [3.63, 3.8) is 0 Å². The lowest BCUT2D eigenvalue weighted by Gasteiger charge is -2.25. The van der Waals surface area contributed by atoms with Crippen LogP contribution < -0.4 is 5.32 Å². The SMILES string of the molecule is CCCNC(CCC)C(C)c1cc(F)ccc1F. The maximum Gasteiger partial charge on any atom is 0.126 e. The quantitative estimate of drug-likeness (QED) is 0.768. The molecule has 0 radical (unpaired) electrons. The van der Waals surface area contributed by atoms with Crippen molar-refractivity contribution >= 4 is 0 Å². The van der Waals surface area contributed by atoms with Crippen LogP contribution in [0, 0.1) is 11.6 Å². The van der Waals surface area contributed by atoms with Gasteiger partial charge >= 0.3 is 0 Å². The monoisotopic (exact) mass is 255 g/mol. The Morgan fingerprint density at radius 1 is 1.17 bits per heavy atom. The van der Waals surface area contributed by atoms with E-state index in [-0.39, 0.29) is 23.6 Å². The molecule has 18 heavy (non-hydrogen) atoms. The topological polar surface area (TPSA) is 12.0 Å². The molecule has 0 aliphatic heterocycles. The van der Waals surface area contributed by atoms with Crippen LogP contribution in [0.3, 0.4) is 0 Å². The van der Waals surface area contributed by atoms with Crippen molar-refractivity contribution in [2.45, 2.75) is 52.0 Å². The molecule has 0 saturated carbocycles. The van der Waals surface area contributed by atoms with E-state index in [2.05, 4.69) is 19.2 Å². The lowest BCUT2D eigenvalue weighted by molar-refractivity contribution is 0.409. The van der Waals surface area contributed by atoms with Crippen molar-refractivity contribution in [1.82, 2.24) is 5.32 Å². The van der Waals surface area contributed by atoms with Gasteiger partial charge in [-0.2, -0.15) is 0 Å². The van der Waals surface area contributed by atoms with Crippen LogP contribution in [-0.4, -0.2) is 12.6 Å². The molecule has 0 aliphatic carbocycles. The summed E-state index contributed by atoms with van der Waals surface area (Å²) in [4.78, 5) is 0. The molecule has 1 aromatic rings. The third kappa shape index (κ3) is 4.05. The van der Waals surface area contributed by atoms with Gasteiger partial charge in [0.15, 0.2) is 0 Å². The summed E-state index contributed by atoms with van der Waals surface area (Å²) < 4.78 is 27.0. The van der Waals surface area contributed by atoms with E-state index >= 15 is 0 Å². The Morgan fingerprint density at radius 2 is 1.89 bits per heavy atom. The van der Waals surface area contributed by atoms with E-state index in [0.717, 1.165) is 25.8 Å². The maximum atomic E-state index is 13.7. The van der Waals surface area contributed by atoms with E-state index in [1.165, 1.54) is 18.2 Å². The van der Waals surface area contributed by atoms with E-state index in [1.54, 1.807) is 0 Å². The third-order valence-corrected chi connectivity index (χ3v) is 3.31. The standard InChI is InChI=1S/C15H23F2N/c1-4-6-15(18-9-5-2)11(3)13-10-12(16)7-8-14(13)17/h7-8,10-11,15,18H,4-6,9H2,1-3H3. The van der Waals surface area contributed by atoms with Crippen LogP contribution in [0.15, 0.2) is 18.2 Å². The minimum Gasteiger partial charge on any atom is -0.313 e. The highest BCUT2D eigenvalue weighted by Crippen LogP contribution is 2.25. The van der Waals surface area contributed by atoms with Crippen LogP contribution >= 0.6 is 0 Å². The first-order chi connectivity index (χ1) is 8.60. The summed E-state index contributed by atoms with van der Waals surface area (Å²) in [6.07, 6.45) is 3.04.